The molecule has 0 spiro atoms. The zero-order valence-electron chi connectivity index (χ0n) is 11.7. The van der Waals surface area contributed by atoms with Crippen molar-refractivity contribution < 1.29 is 9.72 Å². The Morgan fingerprint density at radius 1 is 1.27 bits per heavy atom. The van der Waals surface area contributed by atoms with E-state index in [2.05, 4.69) is 5.32 Å². The van der Waals surface area contributed by atoms with E-state index in [0.717, 1.165) is 5.56 Å². The monoisotopic (exact) mass is 319 g/mol. The number of rotatable bonds is 5. The first-order chi connectivity index (χ1) is 10.4. The summed E-state index contributed by atoms with van der Waals surface area (Å²) >= 11 is 5.84. The number of nitro benzene ring substituents is 1. The van der Waals surface area contributed by atoms with Crippen LogP contribution in [0.2, 0.25) is 5.02 Å². The number of halogens is 1. The van der Waals surface area contributed by atoms with Crippen LogP contribution in [0, 0.1) is 10.1 Å². The van der Waals surface area contributed by atoms with Crippen molar-refractivity contribution in [2.75, 3.05) is 5.32 Å². The Hall–Kier alpha value is -2.60. The highest BCUT2D eigenvalue weighted by Gasteiger charge is 2.18. The van der Waals surface area contributed by atoms with Gasteiger partial charge < -0.3 is 11.1 Å². The topological polar surface area (TPSA) is 98.3 Å². The summed E-state index contributed by atoms with van der Waals surface area (Å²) in [5.41, 5.74) is 6.29. The number of hydrogen-bond donors (Lipinski definition) is 2. The highest BCUT2D eigenvalue weighted by atomic mass is 35.5. The molecule has 0 saturated heterocycles. The average molecular weight is 320 g/mol. The number of amides is 1. The van der Waals surface area contributed by atoms with Crippen molar-refractivity contribution in [2.24, 2.45) is 5.73 Å². The van der Waals surface area contributed by atoms with Gasteiger partial charge in [0, 0.05) is 22.7 Å². The van der Waals surface area contributed by atoms with Gasteiger partial charge in [-0.25, -0.2) is 0 Å². The first kappa shape index (κ1) is 15.8. The normalized spacial score (nSPS) is 11.7. The highest BCUT2D eigenvalue weighted by molar-refractivity contribution is 6.30. The van der Waals surface area contributed by atoms with Gasteiger partial charge in [-0.15, -0.1) is 0 Å². The highest BCUT2D eigenvalue weighted by Crippen LogP contribution is 2.29. The minimum atomic E-state index is -0.708. The third kappa shape index (κ3) is 3.53. The molecule has 0 aliphatic heterocycles. The van der Waals surface area contributed by atoms with E-state index < -0.39 is 10.8 Å². The van der Waals surface area contributed by atoms with Gasteiger partial charge in [0.15, 0.2) is 0 Å². The summed E-state index contributed by atoms with van der Waals surface area (Å²) in [6.07, 6.45) is 0. The summed E-state index contributed by atoms with van der Waals surface area (Å²) in [6.45, 7) is 1.87. The quantitative estimate of drug-likeness (QED) is 0.650. The Bertz CT molecular complexity index is 716. The molecule has 0 fully saturated rings. The van der Waals surface area contributed by atoms with Crippen LogP contribution in [0.15, 0.2) is 42.5 Å². The molecule has 1 unspecified atom stereocenters. The minimum absolute atomic E-state index is 0.0939. The lowest BCUT2D eigenvalue weighted by atomic mass is 10.1. The van der Waals surface area contributed by atoms with Gasteiger partial charge in [0.1, 0.15) is 5.69 Å². The van der Waals surface area contributed by atoms with Crippen LogP contribution in [0.3, 0.4) is 0 Å². The second-order valence-corrected chi connectivity index (χ2v) is 5.21. The Balaban J connectivity index is 2.30. The van der Waals surface area contributed by atoms with Crippen molar-refractivity contribution >= 4 is 28.9 Å². The standard InChI is InChI=1S/C15H14ClN3O3/c1-9(10-2-5-12(16)6-3-10)18-13-7-4-11(15(17)20)8-14(13)19(21)22/h2-9,18H,1H3,(H2,17,20). The lowest BCUT2D eigenvalue weighted by Gasteiger charge is -2.16. The molecule has 7 heteroatoms. The number of nitrogens with one attached hydrogen (secondary N) is 1. The Labute approximate surface area is 132 Å². The van der Waals surface area contributed by atoms with E-state index in [9.17, 15) is 14.9 Å². The number of benzene rings is 2. The van der Waals surface area contributed by atoms with E-state index in [-0.39, 0.29) is 17.3 Å². The van der Waals surface area contributed by atoms with Crippen molar-refractivity contribution in [2.45, 2.75) is 13.0 Å². The smallest absolute Gasteiger partial charge is 0.293 e. The lowest BCUT2D eigenvalue weighted by molar-refractivity contribution is -0.384. The van der Waals surface area contributed by atoms with Crippen molar-refractivity contribution in [1.29, 1.82) is 0 Å². The fraction of sp³-hybridized carbons (Fsp3) is 0.133. The fourth-order valence-corrected chi connectivity index (χ4v) is 2.15. The van der Waals surface area contributed by atoms with Crippen LogP contribution in [-0.4, -0.2) is 10.8 Å². The van der Waals surface area contributed by atoms with Gasteiger partial charge in [-0.3, -0.25) is 14.9 Å². The van der Waals surface area contributed by atoms with Gasteiger partial charge in [0.05, 0.1) is 4.92 Å². The number of nitrogens with two attached hydrogens (primary N) is 1. The summed E-state index contributed by atoms with van der Waals surface area (Å²) < 4.78 is 0. The van der Waals surface area contributed by atoms with Crippen LogP contribution in [0.4, 0.5) is 11.4 Å². The van der Waals surface area contributed by atoms with Crippen molar-refractivity contribution in [3.8, 4) is 0 Å². The molecule has 2 aromatic carbocycles. The van der Waals surface area contributed by atoms with E-state index >= 15 is 0 Å². The molecule has 114 valence electrons. The fourth-order valence-electron chi connectivity index (χ4n) is 2.03. The van der Waals surface area contributed by atoms with Crippen LogP contribution in [-0.2, 0) is 0 Å². The van der Waals surface area contributed by atoms with Crippen LogP contribution in [0.25, 0.3) is 0 Å². The second-order valence-electron chi connectivity index (χ2n) is 4.77. The maximum atomic E-state index is 11.2. The SMILES string of the molecule is CC(Nc1ccc(C(N)=O)cc1[N+](=O)[O-])c1ccc(Cl)cc1. The number of anilines is 1. The van der Waals surface area contributed by atoms with Gasteiger partial charge in [-0.05, 0) is 36.8 Å². The maximum Gasteiger partial charge on any atom is 0.293 e. The first-order valence-electron chi connectivity index (χ1n) is 6.48. The van der Waals surface area contributed by atoms with Crippen LogP contribution in [0.1, 0.15) is 28.9 Å². The third-order valence-corrected chi connectivity index (χ3v) is 3.47. The molecule has 3 N–H and O–H groups in total. The molecule has 2 aromatic rings. The molecule has 0 saturated carbocycles. The minimum Gasteiger partial charge on any atom is -0.373 e. The zero-order valence-corrected chi connectivity index (χ0v) is 12.5. The van der Waals surface area contributed by atoms with E-state index in [0.29, 0.717) is 10.7 Å². The van der Waals surface area contributed by atoms with E-state index in [1.54, 1.807) is 12.1 Å². The van der Waals surface area contributed by atoms with Crippen LogP contribution >= 0.6 is 11.6 Å². The lowest BCUT2D eigenvalue weighted by Crippen LogP contribution is -2.13. The largest absolute Gasteiger partial charge is 0.373 e. The number of carbonyl (C=O) groups is 1. The maximum absolute atomic E-state index is 11.2. The van der Waals surface area contributed by atoms with Gasteiger partial charge in [-0.2, -0.15) is 0 Å². The van der Waals surface area contributed by atoms with Crippen LogP contribution < -0.4 is 11.1 Å². The number of nitro groups is 1. The molecule has 2 rings (SSSR count). The van der Waals surface area contributed by atoms with Crippen molar-refractivity contribution in [3.63, 3.8) is 0 Å². The summed E-state index contributed by atoms with van der Waals surface area (Å²) in [4.78, 5) is 21.7. The number of primary amides is 1. The predicted molar refractivity (Wildman–Crippen MR) is 85.1 cm³/mol. The molecule has 0 heterocycles. The van der Waals surface area contributed by atoms with Gasteiger partial charge >= 0.3 is 0 Å². The molecule has 0 aliphatic carbocycles. The predicted octanol–water partition coefficient (Wildman–Crippen LogP) is 3.52. The van der Waals surface area contributed by atoms with E-state index in [1.165, 1.54) is 18.2 Å². The molecular formula is C15H14ClN3O3. The Morgan fingerprint density at radius 2 is 1.91 bits per heavy atom. The van der Waals surface area contributed by atoms with Gasteiger partial charge in [0.25, 0.3) is 5.69 Å². The Kier molecular flexibility index (Phi) is 4.62. The second kappa shape index (κ2) is 6.44. The van der Waals surface area contributed by atoms with E-state index in [4.69, 9.17) is 17.3 Å². The number of nitrogens with zero attached hydrogens (tertiary/aromatic N) is 1. The Morgan fingerprint density at radius 3 is 2.45 bits per heavy atom. The number of carbonyl (C=O) groups excluding carboxylic acids is 1. The van der Waals surface area contributed by atoms with Crippen LogP contribution in [0.5, 0.6) is 0 Å². The molecule has 22 heavy (non-hydrogen) atoms. The zero-order chi connectivity index (χ0) is 16.3. The molecule has 0 radical (unpaired) electrons. The summed E-state index contributed by atoms with van der Waals surface area (Å²) in [5, 5.41) is 14.8. The van der Waals surface area contributed by atoms with E-state index in [1.807, 2.05) is 19.1 Å². The van der Waals surface area contributed by atoms with Crippen molar-refractivity contribution in [1.82, 2.24) is 0 Å². The van der Waals surface area contributed by atoms with Crippen molar-refractivity contribution in [3.05, 3.63) is 68.7 Å². The molecule has 1 atom stereocenters. The average Bonchev–Trinajstić information content (AvgIpc) is 2.47. The summed E-state index contributed by atoms with van der Waals surface area (Å²) in [5.74, 6) is -0.708. The van der Waals surface area contributed by atoms with Gasteiger partial charge in [0.2, 0.25) is 5.91 Å². The molecule has 0 bridgehead atoms. The molecule has 0 aliphatic rings. The summed E-state index contributed by atoms with van der Waals surface area (Å²) in [7, 11) is 0. The van der Waals surface area contributed by atoms with Gasteiger partial charge in [-0.1, -0.05) is 23.7 Å². The molecule has 6 nitrogen and oxygen atoms in total. The summed E-state index contributed by atoms with van der Waals surface area (Å²) in [6, 6.07) is 11.1. The molecule has 1 amide bonds. The first-order valence-corrected chi connectivity index (χ1v) is 6.86. The molecule has 0 aromatic heterocycles. The number of hydrogen-bond acceptors (Lipinski definition) is 4. The third-order valence-electron chi connectivity index (χ3n) is 3.22. The molecular weight excluding hydrogens is 306 g/mol.